The molecule has 0 spiro atoms. The Morgan fingerprint density at radius 1 is 0.929 bits per heavy atom. The Balaban J connectivity index is 3.26. The van der Waals surface area contributed by atoms with Crippen LogP contribution in [0.2, 0.25) is 0 Å². The predicted molar refractivity (Wildman–Crippen MR) is 86.7 cm³/mol. The number of hydrogen-bond donors (Lipinski definition) is 0. The van der Waals surface area contributed by atoms with Gasteiger partial charge in [-0.15, -0.1) is 0 Å². The van der Waals surface area contributed by atoms with E-state index in [4.69, 9.17) is 0 Å². The Labute approximate surface area is 157 Å². The number of rotatable bonds is 5. The Morgan fingerprint density at radius 2 is 1.39 bits per heavy atom. The van der Waals surface area contributed by atoms with Crippen LogP contribution in [0.4, 0.5) is 26.3 Å². The summed E-state index contributed by atoms with van der Waals surface area (Å²) in [5, 5.41) is 0. The molecule has 0 aliphatic heterocycles. The number of benzene rings is 1. The maximum absolute atomic E-state index is 13.4. The summed E-state index contributed by atoms with van der Waals surface area (Å²) in [6.45, 7) is 5.72. The first-order chi connectivity index (χ1) is 12.6. The van der Waals surface area contributed by atoms with Gasteiger partial charge in [0.2, 0.25) is 0 Å². The molecule has 28 heavy (non-hydrogen) atoms. The van der Waals surface area contributed by atoms with Crippen LogP contribution in [0, 0.1) is 5.41 Å². The quantitative estimate of drug-likeness (QED) is 0.514. The highest BCUT2D eigenvalue weighted by Gasteiger charge is 2.81. The van der Waals surface area contributed by atoms with Crippen molar-refractivity contribution in [1.82, 2.24) is 0 Å². The summed E-state index contributed by atoms with van der Waals surface area (Å²) in [6.07, 6.45) is -11.1. The molecule has 0 radical (unpaired) electrons. The fourth-order valence-corrected chi connectivity index (χ4v) is 1.84. The predicted octanol–water partition coefficient (Wildman–Crippen LogP) is 4.83. The van der Waals surface area contributed by atoms with E-state index in [1.165, 1.54) is 30.3 Å². The molecule has 0 amide bonds. The molecule has 0 aliphatic carbocycles. The third-order valence-electron chi connectivity index (χ3n) is 3.53. The normalized spacial score (nSPS) is 13.0. The van der Waals surface area contributed by atoms with E-state index in [1.54, 1.807) is 0 Å². The molecular formula is C18H18F6O4. The third-order valence-corrected chi connectivity index (χ3v) is 3.53. The van der Waals surface area contributed by atoms with Crippen LogP contribution in [0.25, 0.3) is 6.08 Å². The zero-order valence-electron chi connectivity index (χ0n) is 15.2. The topological polar surface area (TPSA) is 52.6 Å². The van der Waals surface area contributed by atoms with Crippen molar-refractivity contribution in [3.8, 4) is 0 Å². The van der Waals surface area contributed by atoms with Crippen molar-refractivity contribution in [2.24, 2.45) is 5.41 Å². The fraction of sp³-hybridized carbons (Fsp3) is 0.444. The minimum atomic E-state index is -6.30. The summed E-state index contributed by atoms with van der Waals surface area (Å²) in [5.41, 5.74) is -6.41. The molecule has 1 aromatic rings. The zero-order chi connectivity index (χ0) is 22.0. The Kier molecular flexibility index (Phi) is 6.59. The van der Waals surface area contributed by atoms with Crippen molar-refractivity contribution < 1.29 is 45.4 Å². The van der Waals surface area contributed by atoms with Gasteiger partial charge in [0.15, 0.2) is 0 Å². The van der Waals surface area contributed by atoms with Crippen molar-refractivity contribution in [3.05, 3.63) is 42.0 Å². The SMILES string of the molecule is C=Cc1ccc(COC(=O)C(OC(=O)C(C)(C)C)(C(F)(F)F)C(F)(F)F)cc1. The minimum Gasteiger partial charge on any atom is -0.457 e. The number of alkyl halides is 6. The first-order valence-electron chi connectivity index (χ1n) is 7.82. The molecule has 0 unspecified atom stereocenters. The monoisotopic (exact) mass is 412 g/mol. The summed E-state index contributed by atoms with van der Waals surface area (Å²) < 4.78 is 88.3. The molecule has 0 bridgehead atoms. The number of esters is 2. The second-order valence-electron chi connectivity index (χ2n) is 6.84. The van der Waals surface area contributed by atoms with Crippen LogP contribution in [-0.2, 0) is 25.7 Å². The lowest BCUT2D eigenvalue weighted by atomic mass is 9.95. The van der Waals surface area contributed by atoms with Gasteiger partial charge < -0.3 is 9.47 Å². The first kappa shape index (κ1) is 23.5. The summed E-state index contributed by atoms with van der Waals surface area (Å²) >= 11 is 0. The van der Waals surface area contributed by atoms with Gasteiger partial charge in [0.05, 0.1) is 5.41 Å². The number of ether oxygens (including phenoxy) is 2. The molecule has 0 saturated carbocycles. The van der Waals surface area contributed by atoms with E-state index in [-0.39, 0.29) is 5.56 Å². The van der Waals surface area contributed by atoms with Gasteiger partial charge in [-0.2, -0.15) is 26.3 Å². The lowest BCUT2D eigenvalue weighted by Gasteiger charge is -2.35. The largest absolute Gasteiger partial charge is 0.457 e. The molecule has 0 aromatic heterocycles. The van der Waals surface area contributed by atoms with Crippen LogP contribution in [0.15, 0.2) is 30.8 Å². The van der Waals surface area contributed by atoms with E-state index in [0.29, 0.717) is 5.56 Å². The van der Waals surface area contributed by atoms with Crippen molar-refractivity contribution >= 4 is 18.0 Å². The van der Waals surface area contributed by atoms with Crippen LogP contribution in [-0.4, -0.2) is 29.9 Å². The number of hydrogen-bond acceptors (Lipinski definition) is 4. The average Bonchev–Trinajstić information content (AvgIpc) is 2.54. The lowest BCUT2D eigenvalue weighted by Crippen LogP contribution is -2.66. The van der Waals surface area contributed by atoms with Gasteiger partial charge in [0.1, 0.15) is 6.61 Å². The highest BCUT2D eigenvalue weighted by Crippen LogP contribution is 2.47. The lowest BCUT2D eigenvalue weighted by molar-refractivity contribution is -0.360. The van der Waals surface area contributed by atoms with Gasteiger partial charge in [0, 0.05) is 0 Å². The summed E-state index contributed by atoms with van der Waals surface area (Å²) in [7, 11) is 0. The molecule has 0 aliphatic rings. The van der Waals surface area contributed by atoms with E-state index in [9.17, 15) is 35.9 Å². The summed E-state index contributed by atoms with van der Waals surface area (Å²) in [4.78, 5) is 23.7. The Hall–Kier alpha value is -2.52. The molecule has 0 heterocycles. The van der Waals surface area contributed by atoms with E-state index in [2.05, 4.69) is 16.1 Å². The summed E-state index contributed by atoms with van der Waals surface area (Å²) in [6, 6.07) is 5.59. The summed E-state index contributed by atoms with van der Waals surface area (Å²) in [5.74, 6) is -4.65. The fourth-order valence-electron chi connectivity index (χ4n) is 1.84. The van der Waals surface area contributed by atoms with E-state index >= 15 is 0 Å². The molecule has 156 valence electrons. The molecular weight excluding hydrogens is 394 g/mol. The highest BCUT2D eigenvalue weighted by atomic mass is 19.4. The third kappa shape index (κ3) is 4.85. The Morgan fingerprint density at radius 3 is 1.75 bits per heavy atom. The van der Waals surface area contributed by atoms with Crippen LogP contribution >= 0.6 is 0 Å². The maximum Gasteiger partial charge on any atom is 0.449 e. The Bertz CT molecular complexity index is 712. The molecule has 0 N–H and O–H groups in total. The highest BCUT2D eigenvalue weighted by molar-refractivity contribution is 5.87. The van der Waals surface area contributed by atoms with Gasteiger partial charge in [-0.25, -0.2) is 4.79 Å². The molecule has 0 fully saturated rings. The number of carbonyl (C=O) groups is 2. The molecule has 4 nitrogen and oxygen atoms in total. The second-order valence-corrected chi connectivity index (χ2v) is 6.84. The van der Waals surface area contributed by atoms with Gasteiger partial charge in [-0.3, -0.25) is 4.79 Å². The molecule has 1 aromatic carbocycles. The van der Waals surface area contributed by atoms with Gasteiger partial charge in [-0.1, -0.05) is 36.9 Å². The number of carbonyl (C=O) groups excluding carboxylic acids is 2. The maximum atomic E-state index is 13.4. The zero-order valence-corrected chi connectivity index (χ0v) is 15.2. The van der Waals surface area contributed by atoms with Gasteiger partial charge >= 0.3 is 29.9 Å². The van der Waals surface area contributed by atoms with Crippen LogP contribution in [0.3, 0.4) is 0 Å². The smallest absolute Gasteiger partial charge is 0.449 e. The van der Waals surface area contributed by atoms with Crippen molar-refractivity contribution in [2.75, 3.05) is 0 Å². The first-order valence-corrected chi connectivity index (χ1v) is 7.82. The van der Waals surface area contributed by atoms with E-state index < -0.39 is 41.9 Å². The van der Waals surface area contributed by atoms with Gasteiger partial charge in [0.25, 0.3) is 0 Å². The molecule has 1 rings (SSSR count). The average molecular weight is 412 g/mol. The second kappa shape index (κ2) is 7.84. The standard InChI is InChI=1S/C18H18F6O4/c1-5-11-6-8-12(9-7-11)10-27-14(26)16(17(19,20)21,18(22,23)24)28-13(25)15(2,3)4/h5-9H,1,10H2,2-4H3. The molecule has 0 saturated heterocycles. The van der Waals surface area contributed by atoms with Gasteiger partial charge in [-0.05, 0) is 31.9 Å². The van der Waals surface area contributed by atoms with Crippen molar-refractivity contribution in [2.45, 2.75) is 45.3 Å². The van der Waals surface area contributed by atoms with Crippen LogP contribution in [0.1, 0.15) is 31.9 Å². The molecule has 10 heteroatoms. The minimum absolute atomic E-state index is 0.124. The van der Waals surface area contributed by atoms with Crippen molar-refractivity contribution in [1.29, 1.82) is 0 Å². The van der Waals surface area contributed by atoms with E-state index in [1.807, 2.05) is 0 Å². The van der Waals surface area contributed by atoms with Crippen LogP contribution < -0.4 is 0 Å². The van der Waals surface area contributed by atoms with Crippen LogP contribution in [0.5, 0.6) is 0 Å². The molecule has 0 atom stereocenters. The number of halogens is 6. The van der Waals surface area contributed by atoms with E-state index in [0.717, 1.165) is 20.8 Å². The van der Waals surface area contributed by atoms with Crippen molar-refractivity contribution in [3.63, 3.8) is 0 Å².